The molecule has 0 saturated carbocycles. The van der Waals surface area contributed by atoms with E-state index in [0.717, 1.165) is 16.0 Å². The van der Waals surface area contributed by atoms with E-state index in [9.17, 15) is 4.79 Å². The van der Waals surface area contributed by atoms with E-state index in [2.05, 4.69) is 10.1 Å². The first kappa shape index (κ1) is 8.49. The molecule has 0 bridgehead atoms. The van der Waals surface area contributed by atoms with Crippen LogP contribution in [0, 0.1) is 0 Å². The fraction of sp³-hybridized carbons (Fsp3) is 0.111. The maximum Gasteiger partial charge on any atom is 0.362 e. The Morgan fingerprint density at radius 2 is 2.40 bits per heavy atom. The van der Waals surface area contributed by atoms with Gasteiger partial charge in [0.25, 0.3) is 0 Å². The summed E-state index contributed by atoms with van der Waals surface area (Å²) >= 11 is 1.43. The van der Waals surface area contributed by atoms with Crippen LogP contribution in [0.3, 0.4) is 0 Å². The van der Waals surface area contributed by atoms with E-state index in [1.165, 1.54) is 11.3 Å². The summed E-state index contributed by atoms with van der Waals surface area (Å²) < 4.78 is 7.89. The second kappa shape index (κ2) is 2.83. The highest BCUT2D eigenvalue weighted by atomic mass is 32.1. The number of ether oxygens (including phenoxy) is 1. The van der Waals surface area contributed by atoms with Crippen LogP contribution in [0.15, 0.2) is 23.0 Å². The minimum atomic E-state index is -0.328. The maximum absolute atomic E-state index is 11.0. The van der Waals surface area contributed by atoms with Crippen LogP contribution >= 0.6 is 11.3 Å². The van der Waals surface area contributed by atoms with Gasteiger partial charge in [-0.25, -0.2) is 14.4 Å². The lowest BCUT2D eigenvalue weighted by Crippen LogP contribution is -2.02. The summed E-state index contributed by atoms with van der Waals surface area (Å²) in [7, 11) is 1.62. The Labute approximate surface area is 87.9 Å². The van der Waals surface area contributed by atoms with Gasteiger partial charge in [0.05, 0.1) is 17.3 Å². The largest absolute Gasteiger partial charge is 0.495 e. The van der Waals surface area contributed by atoms with E-state index in [-0.39, 0.29) is 5.69 Å². The number of H-pyrrole nitrogens is 1. The van der Waals surface area contributed by atoms with Crippen LogP contribution in [0.4, 0.5) is 0 Å². The first-order valence-electron chi connectivity index (χ1n) is 4.34. The number of nitrogens with one attached hydrogen (secondary N) is 1. The third kappa shape index (κ3) is 1.08. The van der Waals surface area contributed by atoms with Gasteiger partial charge in [0.2, 0.25) is 4.96 Å². The predicted molar refractivity (Wildman–Crippen MR) is 57.7 cm³/mol. The number of thiazole rings is 1. The summed E-state index contributed by atoms with van der Waals surface area (Å²) in [6.07, 6.45) is 0. The molecular weight excluding hydrogens is 214 g/mol. The van der Waals surface area contributed by atoms with Crippen LogP contribution < -0.4 is 10.4 Å². The Morgan fingerprint density at radius 3 is 3.20 bits per heavy atom. The van der Waals surface area contributed by atoms with Gasteiger partial charge in [0, 0.05) is 0 Å². The van der Waals surface area contributed by atoms with Gasteiger partial charge in [-0.3, -0.25) is 0 Å². The van der Waals surface area contributed by atoms with Crippen molar-refractivity contribution in [2.24, 2.45) is 0 Å². The Morgan fingerprint density at radius 1 is 1.53 bits per heavy atom. The van der Waals surface area contributed by atoms with E-state index in [1.54, 1.807) is 11.6 Å². The first-order chi connectivity index (χ1) is 7.29. The molecular formula is C9H7N3O2S. The standard InChI is InChI=1S/C9H7N3O2S/c1-14-6-4-2-3-5-7(6)15-9-10-8(13)11-12(5)9/h2-4H,1H3,(H,11,13). The predicted octanol–water partition coefficient (Wildman–Crippen LogP) is 1.25. The molecule has 0 atom stereocenters. The van der Waals surface area contributed by atoms with Crippen molar-refractivity contribution < 1.29 is 4.74 Å². The second-order valence-corrected chi connectivity index (χ2v) is 4.03. The molecule has 3 aromatic rings. The molecule has 0 fully saturated rings. The Bertz CT molecular complexity index is 694. The molecule has 0 amide bonds. The molecule has 76 valence electrons. The van der Waals surface area contributed by atoms with Crippen LogP contribution in [0.1, 0.15) is 0 Å². The lowest BCUT2D eigenvalue weighted by Gasteiger charge is -1.98. The summed E-state index contributed by atoms with van der Waals surface area (Å²) in [5.41, 5.74) is 0.579. The van der Waals surface area contributed by atoms with E-state index >= 15 is 0 Å². The molecule has 3 rings (SSSR count). The average molecular weight is 221 g/mol. The van der Waals surface area contributed by atoms with Crippen molar-refractivity contribution in [2.45, 2.75) is 0 Å². The average Bonchev–Trinajstić information content (AvgIpc) is 2.73. The van der Waals surface area contributed by atoms with Crippen molar-refractivity contribution >= 4 is 26.5 Å². The molecule has 2 heterocycles. The van der Waals surface area contributed by atoms with Crippen molar-refractivity contribution in [3.05, 3.63) is 28.7 Å². The van der Waals surface area contributed by atoms with E-state index in [4.69, 9.17) is 4.74 Å². The number of aromatic amines is 1. The lowest BCUT2D eigenvalue weighted by atomic mass is 10.3. The molecule has 0 spiro atoms. The molecule has 0 radical (unpaired) electrons. The monoisotopic (exact) mass is 221 g/mol. The molecule has 0 aliphatic rings. The third-order valence-corrected chi connectivity index (χ3v) is 3.28. The fourth-order valence-electron chi connectivity index (χ4n) is 1.57. The van der Waals surface area contributed by atoms with Gasteiger partial charge in [-0.15, -0.1) is 0 Å². The third-order valence-electron chi connectivity index (χ3n) is 2.21. The van der Waals surface area contributed by atoms with Gasteiger partial charge in [-0.2, -0.15) is 4.98 Å². The molecule has 0 aliphatic heterocycles. The zero-order chi connectivity index (χ0) is 10.4. The lowest BCUT2D eigenvalue weighted by molar-refractivity contribution is 0.420. The highest BCUT2D eigenvalue weighted by molar-refractivity contribution is 7.23. The second-order valence-electron chi connectivity index (χ2n) is 3.06. The number of nitrogens with zero attached hydrogens (tertiary/aromatic N) is 2. The summed E-state index contributed by atoms with van der Waals surface area (Å²) in [6.45, 7) is 0. The topological polar surface area (TPSA) is 59.4 Å². The van der Waals surface area contributed by atoms with E-state index < -0.39 is 0 Å². The minimum Gasteiger partial charge on any atom is -0.495 e. The molecule has 0 aliphatic carbocycles. The normalized spacial score (nSPS) is 11.3. The van der Waals surface area contributed by atoms with Crippen molar-refractivity contribution in [1.29, 1.82) is 0 Å². The highest BCUT2D eigenvalue weighted by Crippen LogP contribution is 2.31. The van der Waals surface area contributed by atoms with Crippen molar-refractivity contribution in [3.63, 3.8) is 0 Å². The van der Waals surface area contributed by atoms with Gasteiger partial charge < -0.3 is 4.74 Å². The molecule has 0 unspecified atom stereocenters. The van der Waals surface area contributed by atoms with Crippen LogP contribution in [0.2, 0.25) is 0 Å². The van der Waals surface area contributed by atoms with Crippen LogP contribution in [-0.4, -0.2) is 21.7 Å². The summed E-state index contributed by atoms with van der Waals surface area (Å²) in [6, 6.07) is 5.68. The highest BCUT2D eigenvalue weighted by Gasteiger charge is 2.10. The molecule has 1 N–H and O–H groups in total. The first-order valence-corrected chi connectivity index (χ1v) is 5.15. The maximum atomic E-state index is 11.0. The number of fused-ring (bicyclic) bond motifs is 3. The van der Waals surface area contributed by atoms with Gasteiger partial charge >= 0.3 is 5.69 Å². The zero-order valence-corrected chi connectivity index (χ0v) is 8.67. The zero-order valence-electron chi connectivity index (χ0n) is 7.85. The molecule has 0 saturated heterocycles. The summed E-state index contributed by atoms with van der Waals surface area (Å²) in [4.78, 5) is 15.5. The molecule has 5 nitrogen and oxygen atoms in total. The Kier molecular flexibility index (Phi) is 1.60. The fourth-order valence-corrected chi connectivity index (χ4v) is 2.63. The number of benzene rings is 1. The Hall–Kier alpha value is -1.82. The van der Waals surface area contributed by atoms with E-state index in [0.29, 0.717) is 4.96 Å². The summed E-state index contributed by atoms with van der Waals surface area (Å²) in [5, 5.41) is 2.64. The van der Waals surface area contributed by atoms with Crippen LogP contribution in [0.5, 0.6) is 5.75 Å². The van der Waals surface area contributed by atoms with Gasteiger partial charge in [-0.05, 0) is 12.1 Å². The molecule has 15 heavy (non-hydrogen) atoms. The quantitative estimate of drug-likeness (QED) is 0.672. The van der Waals surface area contributed by atoms with E-state index in [1.807, 2.05) is 18.2 Å². The number of aromatic nitrogens is 3. The smallest absolute Gasteiger partial charge is 0.362 e. The minimum absolute atomic E-state index is 0.328. The Balaban J connectivity index is 2.54. The van der Waals surface area contributed by atoms with Gasteiger partial charge in [0.15, 0.2) is 0 Å². The number of methoxy groups -OCH3 is 1. The number of hydrogen-bond acceptors (Lipinski definition) is 4. The van der Waals surface area contributed by atoms with Crippen LogP contribution in [0.25, 0.3) is 15.2 Å². The summed E-state index contributed by atoms with van der Waals surface area (Å²) in [5.74, 6) is 0.795. The van der Waals surface area contributed by atoms with Crippen LogP contribution in [-0.2, 0) is 0 Å². The van der Waals surface area contributed by atoms with Crippen molar-refractivity contribution in [2.75, 3.05) is 7.11 Å². The van der Waals surface area contributed by atoms with Crippen molar-refractivity contribution in [1.82, 2.24) is 14.6 Å². The molecule has 1 aromatic carbocycles. The number of rotatable bonds is 1. The van der Waals surface area contributed by atoms with Crippen molar-refractivity contribution in [3.8, 4) is 5.75 Å². The molecule has 6 heteroatoms. The number of hydrogen-bond donors (Lipinski definition) is 1. The van der Waals surface area contributed by atoms with Gasteiger partial charge in [0.1, 0.15) is 5.75 Å². The SMILES string of the molecule is COc1cccc2c1sc1nc(=O)[nH]n12. The molecule has 2 aromatic heterocycles. The van der Waals surface area contributed by atoms with Gasteiger partial charge in [-0.1, -0.05) is 17.4 Å².